The number of benzene rings is 1. The van der Waals surface area contributed by atoms with Crippen molar-refractivity contribution in [1.82, 2.24) is 0 Å². The third-order valence-electron chi connectivity index (χ3n) is 2.70. The lowest BCUT2D eigenvalue weighted by atomic mass is 10.1. The lowest BCUT2D eigenvalue weighted by Gasteiger charge is -2.16. The SMILES string of the molecule is O=C1OCOc2cc(-c3ccc(/C=N/O)o3)ccc21. The van der Waals surface area contributed by atoms with Gasteiger partial charge in [0.15, 0.2) is 0 Å². The van der Waals surface area contributed by atoms with Crippen LogP contribution in [0.4, 0.5) is 0 Å². The third-order valence-corrected chi connectivity index (χ3v) is 2.70. The molecule has 1 aliphatic heterocycles. The van der Waals surface area contributed by atoms with Crippen LogP contribution in [-0.4, -0.2) is 24.2 Å². The van der Waals surface area contributed by atoms with Crippen molar-refractivity contribution in [1.29, 1.82) is 0 Å². The Morgan fingerprint density at radius 2 is 2.11 bits per heavy atom. The van der Waals surface area contributed by atoms with Gasteiger partial charge in [-0.3, -0.25) is 0 Å². The van der Waals surface area contributed by atoms with Crippen molar-refractivity contribution in [2.45, 2.75) is 0 Å². The largest absolute Gasteiger partial charge is 0.456 e. The quantitative estimate of drug-likeness (QED) is 0.387. The molecule has 1 aliphatic rings. The van der Waals surface area contributed by atoms with E-state index in [1.807, 2.05) is 0 Å². The van der Waals surface area contributed by atoms with Crippen molar-refractivity contribution in [2.24, 2.45) is 5.16 Å². The fourth-order valence-electron chi connectivity index (χ4n) is 1.82. The molecule has 19 heavy (non-hydrogen) atoms. The fourth-order valence-corrected chi connectivity index (χ4v) is 1.82. The smallest absolute Gasteiger partial charge is 0.344 e. The highest BCUT2D eigenvalue weighted by Gasteiger charge is 2.20. The van der Waals surface area contributed by atoms with Crippen molar-refractivity contribution in [3.8, 4) is 17.1 Å². The fraction of sp³-hybridized carbons (Fsp3) is 0.0769. The minimum atomic E-state index is -0.402. The minimum Gasteiger partial charge on any atom is -0.456 e. The van der Waals surface area contributed by atoms with Crippen molar-refractivity contribution < 1.29 is 23.9 Å². The average molecular weight is 259 g/mol. The van der Waals surface area contributed by atoms with E-state index in [-0.39, 0.29) is 6.79 Å². The molecule has 0 bridgehead atoms. The van der Waals surface area contributed by atoms with Crippen LogP contribution in [-0.2, 0) is 4.74 Å². The molecule has 1 N–H and O–H groups in total. The van der Waals surface area contributed by atoms with Crippen LogP contribution in [0.5, 0.6) is 5.75 Å². The van der Waals surface area contributed by atoms with Gasteiger partial charge < -0.3 is 19.1 Å². The molecular formula is C13H9NO5. The molecule has 6 nitrogen and oxygen atoms in total. The van der Waals surface area contributed by atoms with Gasteiger partial charge in [0.25, 0.3) is 0 Å². The number of cyclic esters (lactones) is 1. The van der Waals surface area contributed by atoms with Gasteiger partial charge in [0.2, 0.25) is 6.79 Å². The van der Waals surface area contributed by atoms with Crippen molar-refractivity contribution in [3.63, 3.8) is 0 Å². The second-order valence-electron chi connectivity index (χ2n) is 3.85. The minimum absolute atomic E-state index is 0.0874. The first-order chi connectivity index (χ1) is 9.28. The van der Waals surface area contributed by atoms with Crippen LogP contribution >= 0.6 is 0 Å². The number of oxime groups is 1. The van der Waals surface area contributed by atoms with Crippen molar-refractivity contribution in [2.75, 3.05) is 6.79 Å². The van der Waals surface area contributed by atoms with Gasteiger partial charge in [-0.2, -0.15) is 0 Å². The summed E-state index contributed by atoms with van der Waals surface area (Å²) in [5.41, 5.74) is 1.14. The molecule has 1 aromatic heterocycles. The number of rotatable bonds is 2. The van der Waals surface area contributed by atoms with Crippen LogP contribution in [0.25, 0.3) is 11.3 Å². The third kappa shape index (κ3) is 2.03. The summed E-state index contributed by atoms with van der Waals surface area (Å²) < 4.78 is 15.5. The van der Waals surface area contributed by atoms with Crippen molar-refractivity contribution in [3.05, 3.63) is 41.7 Å². The van der Waals surface area contributed by atoms with E-state index in [0.29, 0.717) is 22.8 Å². The molecule has 0 radical (unpaired) electrons. The summed E-state index contributed by atoms with van der Waals surface area (Å²) in [6.45, 7) is -0.0874. The Balaban J connectivity index is 1.99. The monoisotopic (exact) mass is 259 g/mol. The molecule has 2 heterocycles. The van der Waals surface area contributed by atoms with Crippen LogP contribution in [0, 0.1) is 0 Å². The maximum absolute atomic E-state index is 11.5. The van der Waals surface area contributed by atoms with Gasteiger partial charge in [-0.05, 0) is 24.3 Å². The van der Waals surface area contributed by atoms with Gasteiger partial charge in [0, 0.05) is 5.56 Å². The molecule has 2 aromatic rings. The lowest BCUT2D eigenvalue weighted by Crippen LogP contribution is -2.18. The van der Waals surface area contributed by atoms with E-state index in [0.717, 1.165) is 5.56 Å². The van der Waals surface area contributed by atoms with Crippen LogP contribution in [0.15, 0.2) is 39.9 Å². The maximum atomic E-state index is 11.5. The summed E-state index contributed by atoms with van der Waals surface area (Å²) in [6, 6.07) is 8.46. The average Bonchev–Trinajstić information content (AvgIpc) is 2.88. The molecule has 96 valence electrons. The predicted octanol–water partition coefficient (Wildman–Crippen LogP) is 2.26. The molecule has 0 amide bonds. The van der Waals surface area contributed by atoms with Gasteiger partial charge in [-0.25, -0.2) is 4.79 Å². The Labute approximate surface area is 107 Å². The summed E-state index contributed by atoms with van der Waals surface area (Å²) >= 11 is 0. The highest BCUT2D eigenvalue weighted by atomic mass is 16.7. The zero-order chi connectivity index (χ0) is 13.2. The molecule has 0 saturated carbocycles. The summed E-state index contributed by atoms with van der Waals surface area (Å²) in [6.07, 6.45) is 1.19. The van der Waals surface area contributed by atoms with Gasteiger partial charge in [0.05, 0.1) is 0 Å². The molecular weight excluding hydrogens is 250 g/mol. The molecule has 6 heteroatoms. The van der Waals surface area contributed by atoms with Crippen molar-refractivity contribution >= 4 is 12.2 Å². The number of furan rings is 1. The Kier molecular flexibility index (Phi) is 2.68. The summed E-state index contributed by atoms with van der Waals surface area (Å²) in [5.74, 6) is 1.07. The lowest BCUT2D eigenvalue weighted by molar-refractivity contribution is 0.00494. The highest BCUT2D eigenvalue weighted by molar-refractivity contribution is 5.94. The Hall–Kier alpha value is -2.76. The van der Waals surface area contributed by atoms with E-state index >= 15 is 0 Å². The summed E-state index contributed by atoms with van der Waals surface area (Å²) in [7, 11) is 0. The molecule has 1 aromatic carbocycles. The number of ether oxygens (including phenoxy) is 2. The molecule has 0 spiro atoms. The van der Waals surface area contributed by atoms with E-state index in [1.54, 1.807) is 30.3 Å². The Bertz CT molecular complexity index is 659. The van der Waals surface area contributed by atoms with E-state index in [2.05, 4.69) is 5.16 Å². The second kappa shape index (κ2) is 4.49. The molecule has 0 atom stereocenters. The topological polar surface area (TPSA) is 81.3 Å². The first kappa shape index (κ1) is 11.3. The molecule has 3 rings (SSSR count). The zero-order valence-corrected chi connectivity index (χ0v) is 9.70. The highest BCUT2D eigenvalue weighted by Crippen LogP contribution is 2.30. The number of esters is 1. The predicted molar refractivity (Wildman–Crippen MR) is 64.4 cm³/mol. The first-order valence-corrected chi connectivity index (χ1v) is 5.49. The van der Waals surface area contributed by atoms with E-state index in [4.69, 9.17) is 19.1 Å². The number of hydrogen-bond donors (Lipinski definition) is 1. The summed E-state index contributed by atoms with van der Waals surface area (Å²) in [4.78, 5) is 11.5. The van der Waals surface area contributed by atoms with Gasteiger partial charge in [-0.15, -0.1) is 0 Å². The number of hydrogen-bond acceptors (Lipinski definition) is 6. The number of nitrogens with zero attached hydrogens (tertiary/aromatic N) is 1. The summed E-state index contributed by atoms with van der Waals surface area (Å²) in [5, 5.41) is 11.3. The standard InChI is InChI=1S/C13H9NO5/c15-13-10-3-1-8(5-12(10)17-7-18-13)11-4-2-9(19-11)6-14-16/h1-6,16H,7H2/b14-6+. The van der Waals surface area contributed by atoms with E-state index in [1.165, 1.54) is 6.21 Å². The molecule has 0 aliphatic carbocycles. The maximum Gasteiger partial charge on any atom is 0.344 e. The van der Waals surface area contributed by atoms with E-state index in [9.17, 15) is 4.79 Å². The Morgan fingerprint density at radius 3 is 2.95 bits per heavy atom. The second-order valence-corrected chi connectivity index (χ2v) is 3.85. The number of carbonyl (C=O) groups excluding carboxylic acids is 1. The molecule has 0 fully saturated rings. The van der Waals surface area contributed by atoms with Crippen LogP contribution in [0.3, 0.4) is 0 Å². The first-order valence-electron chi connectivity index (χ1n) is 5.49. The number of carbonyl (C=O) groups is 1. The number of fused-ring (bicyclic) bond motifs is 1. The Morgan fingerprint density at radius 1 is 1.21 bits per heavy atom. The van der Waals surface area contributed by atoms with Gasteiger partial charge in [0.1, 0.15) is 29.0 Å². The normalized spacial score (nSPS) is 14.0. The molecule has 0 saturated heterocycles. The zero-order valence-electron chi connectivity index (χ0n) is 9.70. The van der Waals surface area contributed by atoms with Crippen LogP contribution < -0.4 is 4.74 Å². The van der Waals surface area contributed by atoms with Crippen LogP contribution in [0.1, 0.15) is 16.1 Å². The van der Waals surface area contributed by atoms with Gasteiger partial charge in [-0.1, -0.05) is 11.2 Å². The van der Waals surface area contributed by atoms with Crippen LogP contribution in [0.2, 0.25) is 0 Å². The molecule has 0 unspecified atom stereocenters. The van der Waals surface area contributed by atoms with Gasteiger partial charge >= 0.3 is 5.97 Å². The van der Waals surface area contributed by atoms with E-state index < -0.39 is 5.97 Å².